The van der Waals surface area contributed by atoms with Crippen molar-refractivity contribution in [3.05, 3.63) is 130 Å². The van der Waals surface area contributed by atoms with Gasteiger partial charge >= 0.3 is 0 Å². The lowest BCUT2D eigenvalue weighted by atomic mass is 9.78. The molecule has 0 radical (unpaired) electrons. The zero-order valence-electron chi connectivity index (χ0n) is 27.5. The number of rotatable bonds is 10. The third-order valence-electron chi connectivity index (χ3n) is 8.63. The van der Waals surface area contributed by atoms with Crippen LogP contribution < -0.4 is 0 Å². The molecule has 0 saturated heterocycles. The van der Waals surface area contributed by atoms with Crippen LogP contribution in [0, 0.1) is 16.7 Å². The molecule has 0 saturated carbocycles. The van der Waals surface area contributed by atoms with E-state index in [-0.39, 0.29) is 22.9 Å². The zero-order valence-corrected chi connectivity index (χ0v) is 27.5. The summed E-state index contributed by atoms with van der Waals surface area (Å²) in [5, 5.41) is 10.2. The molecule has 3 heteroatoms. The summed E-state index contributed by atoms with van der Waals surface area (Å²) in [6.07, 6.45) is 27.6. The monoisotopic (exact) mass is 566 g/mol. The number of allylic oxidation sites excluding steroid dienone is 20. The Morgan fingerprint density at radius 3 is 1.31 bits per heavy atom. The van der Waals surface area contributed by atoms with Gasteiger partial charge in [-0.1, -0.05) is 142 Å². The van der Waals surface area contributed by atoms with Crippen LogP contribution in [0.15, 0.2) is 130 Å². The summed E-state index contributed by atoms with van der Waals surface area (Å²) in [7, 11) is 0. The summed E-state index contributed by atoms with van der Waals surface area (Å²) >= 11 is 0. The molecular formula is C39H50O3. The Kier molecular flexibility index (Phi) is 12.0. The van der Waals surface area contributed by atoms with Crippen molar-refractivity contribution in [3.8, 4) is 0 Å². The number of hydrogen-bond acceptors (Lipinski definition) is 3. The predicted octanol–water partition coefficient (Wildman–Crippen LogP) is 9.40. The fourth-order valence-corrected chi connectivity index (χ4v) is 5.25. The predicted molar refractivity (Wildman–Crippen MR) is 179 cm³/mol. The molecule has 0 aromatic heterocycles. The molecule has 2 aliphatic carbocycles. The topological polar surface area (TPSA) is 54.4 Å². The van der Waals surface area contributed by atoms with E-state index in [1.54, 1.807) is 6.92 Å². The molecule has 0 amide bonds. The van der Waals surface area contributed by atoms with E-state index >= 15 is 0 Å². The van der Waals surface area contributed by atoms with E-state index < -0.39 is 11.5 Å². The number of hydrogen-bond donors (Lipinski definition) is 1. The van der Waals surface area contributed by atoms with E-state index in [2.05, 4.69) is 77.2 Å². The number of ketones is 2. The van der Waals surface area contributed by atoms with Crippen LogP contribution in [0.4, 0.5) is 0 Å². The van der Waals surface area contributed by atoms with Crippen molar-refractivity contribution < 1.29 is 14.7 Å². The Balaban J connectivity index is 1.92. The molecule has 2 aliphatic rings. The molecule has 0 aromatic carbocycles. The van der Waals surface area contributed by atoms with Crippen molar-refractivity contribution in [2.75, 3.05) is 0 Å². The molecule has 42 heavy (non-hydrogen) atoms. The van der Waals surface area contributed by atoms with Gasteiger partial charge in [0.2, 0.25) is 0 Å². The van der Waals surface area contributed by atoms with Gasteiger partial charge in [-0.3, -0.25) is 9.59 Å². The van der Waals surface area contributed by atoms with Crippen LogP contribution in [0.2, 0.25) is 0 Å². The van der Waals surface area contributed by atoms with Crippen LogP contribution in [-0.4, -0.2) is 22.8 Å². The number of carbonyl (C=O) groups is 2. The van der Waals surface area contributed by atoms with E-state index in [0.29, 0.717) is 5.57 Å². The van der Waals surface area contributed by atoms with Crippen molar-refractivity contribution in [2.24, 2.45) is 16.7 Å². The van der Waals surface area contributed by atoms with Gasteiger partial charge in [-0.25, -0.2) is 0 Å². The van der Waals surface area contributed by atoms with E-state index in [4.69, 9.17) is 0 Å². The van der Waals surface area contributed by atoms with Crippen LogP contribution >= 0.6 is 0 Å². The Bertz CT molecular complexity index is 1310. The van der Waals surface area contributed by atoms with Crippen molar-refractivity contribution in [3.63, 3.8) is 0 Å². The maximum absolute atomic E-state index is 12.4. The molecule has 0 aliphatic heterocycles. The number of Topliss-reactive ketones (excluding diaryl/α,β-unsaturated/α-hetero) is 2. The first-order chi connectivity index (χ1) is 19.5. The van der Waals surface area contributed by atoms with E-state index in [1.807, 2.05) is 77.2 Å². The first-order valence-corrected chi connectivity index (χ1v) is 14.8. The quantitative estimate of drug-likeness (QED) is 0.268. The number of aliphatic hydroxyl groups is 1. The molecule has 3 nitrogen and oxygen atoms in total. The lowest BCUT2D eigenvalue weighted by molar-refractivity contribution is -0.125. The van der Waals surface area contributed by atoms with Gasteiger partial charge in [0.1, 0.15) is 6.10 Å². The Morgan fingerprint density at radius 1 is 0.595 bits per heavy atom. The van der Waals surface area contributed by atoms with Crippen molar-refractivity contribution in [2.45, 2.75) is 82.3 Å². The smallest absolute Gasteiger partial charge is 0.188 e. The summed E-state index contributed by atoms with van der Waals surface area (Å²) in [5.74, 6) is 0.0954. The molecule has 0 aromatic rings. The maximum atomic E-state index is 12.4. The number of aliphatic hydroxyl groups excluding tert-OH is 1. The highest BCUT2D eigenvalue weighted by atomic mass is 16.3. The van der Waals surface area contributed by atoms with Crippen molar-refractivity contribution >= 4 is 11.6 Å². The molecule has 0 bridgehead atoms. The van der Waals surface area contributed by atoms with Gasteiger partial charge in [-0.05, 0) is 69.2 Å². The fourth-order valence-electron chi connectivity index (χ4n) is 5.25. The first-order valence-electron chi connectivity index (χ1n) is 14.8. The second-order valence-electron chi connectivity index (χ2n) is 12.8. The minimum Gasteiger partial charge on any atom is -0.384 e. The van der Waals surface area contributed by atoms with Crippen molar-refractivity contribution in [1.82, 2.24) is 0 Å². The van der Waals surface area contributed by atoms with Gasteiger partial charge in [0.15, 0.2) is 11.6 Å². The number of carbonyl (C=O) groups excluding carboxylic acids is 2. The maximum Gasteiger partial charge on any atom is 0.188 e. The van der Waals surface area contributed by atoms with E-state index in [0.717, 1.165) is 39.0 Å². The third-order valence-corrected chi connectivity index (χ3v) is 8.63. The minimum atomic E-state index is -0.971. The van der Waals surface area contributed by atoms with Gasteiger partial charge in [0.05, 0.1) is 0 Å². The Labute approximate surface area is 254 Å². The van der Waals surface area contributed by atoms with Gasteiger partial charge in [0, 0.05) is 11.3 Å². The normalized spacial score (nSPS) is 24.6. The molecule has 224 valence electrons. The highest BCUT2D eigenvalue weighted by Crippen LogP contribution is 2.45. The van der Waals surface area contributed by atoms with Crippen LogP contribution in [0.5, 0.6) is 0 Å². The SMILES string of the molecule is CC1=C(/C=C/C(C)=C/C=C/C(C)=C/C=C/C=C(C)/C=C/C=C(C)/C=C/C2=C(C)C(=O)[C@@H](O)C2(C)C)C(C)(C)[C@H](C)C1=O. The van der Waals surface area contributed by atoms with Gasteiger partial charge in [-0.15, -0.1) is 0 Å². The second-order valence-corrected chi connectivity index (χ2v) is 12.8. The van der Waals surface area contributed by atoms with E-state index in [9.17, 15) is 14.7 Å². The van der Waals surface area contributed by atoms with Crippen LogP contribution in [-0.2, 0) is 9.59 Å². The standard InChI is InChI=1S/C39H50O3/c1-26(18-14-20-28(3)22-24-33-30(5)35(40)32(7)38(33,8)9)16-12-13-17-27(2)19-15-21-29(4)23-25-34-31(6)36(41)37(42)39(34,10)11/h12-25,32,37,42H,1-11H3/b13-12+,18-14+,19-15+,24-22+,25-23+,26-16+,27-17+,28-20+,29-21+/t32-,37-/m1/s1. The van der Waals surface area contributed by atoms with Gasteiger partial charge in [-0.2, -0.15) is 0 Å². The van der Waals surface area contributed by atoms with Gasteiger partial charge in [0.25, 0.3) is 0 Å². The highest BCUT2D eigenvalue weighted by molar-refractivity contribution is 6.03. The molecule has 1 N–H and O–H groups in total. The van der Waals surface area contributed by atoms with E-state index in [1.165, 1.54) is 0 Å². The fraction of sp³-hybridized carbons (Fsp3) is 0.385. The lowest BCUT2D eigenvalue weighted by Crippen LogP contribution is -2.30. The van der Waals surface area contributed by atoms with Crippen LogP contribution in [0.3, 0.4) is 0 Å². The zero-order chi connectivity index (χ0) is 31.8. The lowest BCUT2D eigenvalue weighted by Gasteiger charge is -2.25. The molecule has 2 atom stereocenters. The molecule has 0 heterocycles. The second kappa shape index (κ2) is 14.6. The summed E-state index contributed by atoms with van der Waals surface area (Å²) in [5.41, 5.74) is 7.32. The Morgan fingerprint density at radius 2 is 0.952 bits per heavy atom. The van der Waals surface area contributed by atoms with Crippen molar-refractivity contribution in [1.29, 1.82) is 0 Å². The van der Waals surface area contributed by atoms with Crippen LogP contribution in [0.1, 0.15) is 76.2 Å². The minimum absolute atomic E-state index is 0.0223. The Hall–Kier alpha value is -3.56. The first kappa shape index (κ1) is 34.6. The summed E-state index contributed by atoms with van der Waals surface area (Å²) in [6.45, 7) is 22.0. The third kappa shape index (κ3) is 8.49. The highest BCUT2D eigenvalue weighted by Gasteiger charge is 2.44. The average molecular weight is 567 g/mol. The molecule has 0 spiro atoms. The molecule has 0 unspecified atom stereocenters. The molecular weight excluding hydrogens is 516 g/mol. The summed E-state index contributed by atoms with van der Waals surface area (Å²) < 4.78 is 0. The van der Waals surface area contributed by atoms with Gasteiger partial charge < -0.3 is 5.11 Å². The summed E-state index contributed by atoms with van der Waals surface area (Å²) in [4.78, 5) is 24.5. The summed E-state index contributed by atoms with van der Waals surface area (Å²) in [6, 6.07) is 0. The average Bonchev–Trinajstić information content (AvgIpc) is 3.16. The molecule has 0 fully saturated rings. The molecule has 2 rings (SSSR count). The van der Waals surface area contributed by atoms with Crippen LogP contribution in [0.25, 0.3) is 0 Å². The largest absolute Gasteiger partial charge is 0.384 e.